The van der Waals surface area contributed by atoms with Gasteiger partial charge in [0.05, 0.1) is 18.2 Å². The summed E-state index contributed by atoms with van der Waals surface area (Å²) in [5.41, 5.74) is 5.74. The van der Waals surface area contributed by atoms with E-state index in [-0.39, 0.29) is 5.11 Å². The van der Waals surface area contributed by atoms with Gasteiger partial charge in [-0.25, -0.2) is 0 Å². The van der Waals surface area contributed by atoms with Crippen LogP contribution < -0.4 is 25.6 Å². The average molecular weight is 480 g/mol. The quantitative estimate of drug-likeness (QED) is 0.319. The number of unbranched alkanes of at least 4 members (excludes halogenated alkanes) is 1. The second kappa shape index (κ2) is 11.4. The van der Waals surface area contributed by atoms with Crippen molar-refractivity contribution in [2.75, 3.05) is 13.7 Å². The lowest BCUT2D eigenvalue weighted by Crippen LogP contribution is -2.48. The molecule has 0 radical (unpaired) electrons. The Bertz CT molecular complexity index is 875. The van der Waals surface area contributed by atoms with Crippen molar-refractivity contribution in [2.24, 2.45) is 0 Å². The van der Waals surface area contributed by atoms with Crippen LogP contribution in [0.3, 0.4) is 0 Å². The van der Waals surface area contributed by atoms with Crippen molar-refractivity contribution in [3.05, 3.63) is 58.1 Å². The first-order valence-electron chi connectivity index (χ1n) is 8.92. The van der Waals surface area contributed by atoms with Gasteiger partial charge in [-0.3, -0.25) is 25.8 Å². The van der Waals surface area contributed by atoms with Crippen LogP contribution in [0.5, 0.6) is 11.5 Å². The molecular weight excluding hydrogens is 458 g/mol. The number of hydrazine groups is 1. The number of hydrogen-bond donors (Lipinski definition) is 3. The molecule has 2 rings (SSSR count). The molecule has 29 heavy (non-hydrogen) atoms. The molecule has 0 saturated carbocycles. The van der Waals surface area contributed by atoms with E-state index in [1.165, 1.54) is 7.11 Å². The molecule has 0 aliphatic heterocycles. The molecule has 0 unspecified atom stereocenters. The van der Waals surface area contributed by atoms with E-state index in [2.05, 4.69) is 39.0 Å². The van der Waals surface area contributed by atoms with Crippen molar-refractivity contribution in [1.29, 1.82) is 0 Å². The van der Waals surface area contributed by atoms with E-state index in [0.717, 1.165) is 12.8 Å². The van der Waals surface area contributed by atoms with Crippen molar-refractivity contribution in [1.82, 2.24) is 16.2 Å². The molecule has 2 amide bonds. The predicted octanol–water partition coefficient (Wildman–Crippen LogP) is 3.59. The smallest absolute Gasteiger partial charge is 0.269 e. The summed E-state index contributed by atoms with van der Waals surface area (Å²) in [6.07, 6.45) is 2.03. The highest BCUT2D eigenvalue weighted by molar-refractivity contribution is 9.10. The van der Waals surface area contributed by atoms with Crippen molar-refractivity contribution >= 4 is 45.1 Å². The molecule has 0 aliphatic carbocycles. The van der Waals surface area contributed by atoms with E-state index in [1.807, 2.05) is 0 Å². The Morgan fingerprint density at radius 1 is 1.03 bits per heavy atom. The molecule has 154 valence electrons. The summed E-state index contributed by atoms with van der Waals surface area (Å²) in [6, 6.07) is 11.6. The van der Waals surface area contributed by atoms with Crippen LogP contribution in [0.4, 0.5) is 0 Å². The molecule has 0 bridgehead atoms. The zero-order valence-corrected chi connectivity index (χ0v) is 18.5. The largest absolute Gasteiger partial charge is 0.496 e. The molecule has 0 aromatic heterocycles. The Balaban J connectivity index is 1.83. The molecule has 0 atom stereocenters. The number of benzene rings is 2. The first-order valence-corrected chi connectivity index (χ1v) is 10.1. The summed E-state index contributed by atoms with van der Waals surface area (Å²) >= 11 is 8.37. The maximum atomic E-state index is 12.2. The van der Waals surface area contributed by atoms with Crippen LogP contribution in [0.2, 0.25) is 0 Å². The van der Waals surface area contributed by atoms with Crippen LogP contribution in [-0.2, 0) is 0 Å². The van der Waals surface area contributed by atoms with E-state index in [1.54, 1.807) is 42.5 Å². The SMILES string of the molecule is CCCCOc1ccc(C(=O)NC(=S)NNC(=O)c2ccc(OC)c(Br)c2)cc1. The molecular formula is C20H22BrN3O4S. The highest BCUT2D eigenvalue weighted by atomic mass is 79.9. The van der Waals surface area contributed by atoms with Crippen LogP contribution in [0.25, 0.3) is 0 Å². The van der Waals surface area contributed by atoms with Crippen LogP contribution in [0.1, 0.15) is 40.5 Å². The number of nitrogens with one attached hydrogen (secondary N) is 3. The van der Waals surface area contributed by atoms with Crippen molar-refractivity contribution in [3.8, 4) is 11.5 Å². The molecule has 0 fully saturated rings. The average Bonchev–Trinajstić information content (AvgIpc) is 2.72. The van der Waals surface area contributed by atoms with Crippen LogP contribution in [-0.4, -0.2) is 30.6 Å². The third-order valence-electron chi connectivity index (χ3n) is 3.81. The summed E-state index contributed by atoms with van der Waals surface area (Å²) < 4.78 is 11.3. The van der Waals surface area contributed by atoms with Gasteiger partial charge < -0.3 is 9.47 Å². The standard InChI is InChI=1S/C20H22BrN3O4S/c1-3-4-11-28-15-8-5-13(6-9-15)18(25)22-20(29)24-23-19(26)14-7-10-17(27-2)16(21)12-14/h5-10,12H,3-4,11H2,1-2H3,(H,23,26)(H2,22,24,25,29). The van der Waals surface area contributed by atoms with Crippen LogP contribution in [0.15, 0.2) is 46.9 Å². The number of methoxy groups -OCH3 is 1. The summed E-state index contributed by atoms with van der Waals surface area (Å²) in [5.74, 6) is 0.496. The third-order valence-corrected chi connectivity index (χ3v) is 4.64. The number of ether oxygens (including phenoxy) is 2. The zero-order valence-electron chi connectivity index (χ0n) is 16.1. The molecule has 0 aliphatic rings. The van der Waals surface area contributed by atoms with Crippen LogP contribution in [0, 0.1) is 0 Å². The number of carbonyl (C=O) groups is 2. The zero-order chi connectivity index (χ0) is 21.2. The maximum Gasteiger partial charge on any atom is 0.269 e. The maximum absolute atomic E-state index is 12.2. The molecule has 2 aromatic carbocycles. The van der Waals surface area contributed by atoms with Crippen molar-refractivity contribution < 1.29 is 19.1 Å². The fourth-order valence-electron chi connectivity index (χ4n) is 2.24. The highest BCUT2D eigenvalue weighted by Gasteiger charge is 2.11. The van der Waals surface area contributed by atoms with Gasteiger partial charge in [-0.2, -0.15) is 0 Å². The molecule has 7 nitrogen and oxygen atoms in total. The van der Waals surface area contributed by atoms with Gasteiger partial charge in [0, 0.05) is 11.1 Å². The van der Waals surface area contributed by atoms with Gasteiger partial charge >= 0.3 is 0 Å². The Labute approximate surface area is 183 Å². The molecule has 0 spiro atoms. The second-order valence-corrected chi connectivity index (χ2v) is 7.20. The number of carbonyl (C=O) groups excluding carboxylic acids is 2. The number of hydrogen-bond acceptors (Lipinski definition) is 5. The fourth-order valence-corrected chi connectivity index (χ4v) is 2.92. The minimum atomic E-state index is -0.418. The first kappa shape index (κ1) is 22.6. The topological polar surface area (TPSA) is 88.7 Å². The monoisotopic (exact) mass is 479 g/mol. The number of halogens is 1. The molecule has 2 aromatic rings. The molecule has 3 N–H and O–H groups in total. The van der Waals surface area contributed by atoms with E-state index < -0.39 is 11.8 Å². The Morgan fingerprint density at radius 3 is 2.34 bits per heavy atom. The summed E-state index contributed by atoms with van der Waals surface area (Å²) in [6.45, 7) is 2.73. The summed E-state index contributed by atoms with van der Waals surface area (Å²) in [7, 11) is 1.54. The van der Waals surface area contributed by atoms with Gasteiger partial charge in [-0.05, 0) is 77.0 Å². The molecule has 9 heteroatoms. The second-order valence-electron chi connectivity index (χ2n) is 5.94. The highest BCUT2D eigenvalue weighted by Crippen LogP contribution is 2.25. The predicted molar refractivity (Wildman–Crippen MR) is 118 cm³/mol. The van der Waals surface area contributed by atoms with Crippen molar-refractivity contribution in [3.63, 3.8) is 0 Å². The van der Waals surface area contributed by atoms with Gasteiger partial charge in [0.15, 0.2) is 5.11 Å². The number of amides is 2. The van der Waals surface area contributed by atoms with Gasteiger partial charge in [-0.1, -0.05) is 13.3 Å². The normalized spacial score (nSPS) is 10.0. The fraction of sp³-hybridized carbons (Fsp3) is 0.250. The number of rotatable bonds is 7. The Kier molecular flexibility index (Phi) is 8.88. The van der Waals surface area contributed by atoms with Crippen molar-refractivity contribution in [2.45, 2.75) is 19.8 Å². The van der Waals surface area contributed by atoms with E-state index >= 15 is 0 Å². The summed E-state index contributed by atoms with van der Waals surface area (Å²) in [4.78, 5) is 24.4. The van der Waals surface area contributed by atoms with E-state index in [0.29, 0.717) is 33.7 Å². The number of thiocarbonyl (C=S) groups is 1. The van der Waals surface area contributed by atoms with Gasteiger partial charge in [0.2, 0.25) is 0 Å². The lowest BCUT2D eigenvalue weighted by Gasteiger charge is -2.12. The third kappa shape index (κ3) is 7.03. The van der Waals surface area contributed by atoms with Gasteiger partial charge in [-0.15, -0.1) is 0 Å². The van der Waals surface area contributed by atoms with Gasteiger partial charge in [0.25, 0.3) is 11.8 Å². The molecule has 0 heterocycles. The molecule has 0 saturated heterocycles. The van der Waals surface area contributed by atoms with Crippen LogP contribution >= 0.6 is 28.1 Å². The van der Waals surface area contributed by atoms with E-state index in [9.17, 15) is 9.59 Å². The lowest BCUT2D eigenvalue weighted by atomic mass is 10.2. The van der Waals surface area contributed by atoms with Gasteiger partial charge in [0.1, 0.15) is 11.5 Å². The lowest BCUT2D eigenvalue weighted by molar-refractivity contribution is 0.0934. The van der Waals surface area contributed by atoms with E-state index in [4.69, 9.17) is 21.7 Å². The Morgan fingerprint density at radius 2 is 1.72 bits per heavy atom. The first-order chi connectivity index (χ1) is 13.9. The minimum Gasteiger partial charge on any atom is -0.496 e. The summed E-state index contributed by atoms with van der Waals surface area (Å²) in [5, 5.41) is 2.47. The Hall–Kier alpha value is -2.65. The minimum absolute atomic E-state index is 0.0285.